The zero-order valence-electron chi connectivity index (χ0n) is 12.2. The molecule has 2 rings (SSSR count). The fraction of sp³-hybridized carbons (Fsp3) is 0.588. The van der Waals surface area contributed by atoms with Crippen LogP contribution in [0.1, 0.15) is 51.0 Å². The second-order valence-electron chi connectivity index (χ2n) is 6.19. The summed E-state index contributed by atoms with van der Waals surface area (Å²) in [5.41, 5.74) is -0.487. The van der Waals surface area contributed by atoms with E-state index in [1.54, 1.807) is 13.8 Å². The Balaban J connectivity index is 2.38. The van der Waals surface area contributed by atoms with E-state index in [4.69, 9.17) is 0 Å². The molecule has 0 aliphatic heterocycles. The molecule has 1 saturated carbocycles. The molecule has 0 saturated heterocycles. The maximum Gasteiger partial charge on any atom is 0.336 e. The Morgan fingerprint density at radius 3 is 2.35 bits per heavy atom. The molecule has 0 aromatic heterocycles. The van der Waals surface area contributed by atoms with Crippen LogP contribution in [0.3, 0.4) is 0 Å². The molecule has 2 N–H and O–H groups in total. The van der Waals surface area contributed by atoms with E-state index in [0.717, 1.165) is 31.2 Å². The Kier molecular flexibility index (Phi) is 4.48. The van der Waals surface area contributed by atoms with Crippen LogP contribution >= 0.6 is 0 Å². The minimum absolute atomic E-state index is 0.133. The summed E-state index contributed by atoms with van der Waals surface area (Å²) in [6.45, 7) is 3.59. The molecule has 3 unspecified atom stereocenters. The standard InChI is InChI=1S/C17H24O3/c1-12(2)17(20,16(18)19)15-11-7-6-10-14(15)13-8-4-3-5-9-13/h3-5,8-9,12,14-15,20H,6-7,10-11H2,1-2H3,(H,18,19). The average Bonchev–Trinajstić information content (AvgIpc) is 2.47. The molecule has 0 spiro atoms. The van der Waals surface area contributed by atoms with Crippen LogP contribution < -0.4 is 0 Å². The maximum atomic E-state index is 11.7. The van der Waals surface area contributed by atoms with E-state index in [-0.39, 0.29) is 17.8 Å². The van der Waals surface area contributed by atoms with E-state index in [2.05, 4.69) is 0 Å². The molecule has 110 valence electrons. The van der Waals surface area contributed by atoms with Crippen LogP contribution in [0, 0.1) is 11.8 Å². The summed E-state index contributed by atoms with van der Waals surface area (Å²) in [4.78, 5) is 11.7. The Labute approximate surface area is 120 Å². The van der Waals surface area contributed by atoms with Gasteiger partial charge in [0, 0.05) is 5.92 Å². The Morgan fingerprint density at radius 2 is 1.80 bits per heavy atom. The third-order valence-corrected chi connectivity index (χ3v) is 4.78. The molecule has 1 aliphatic carbocycles. The number of hydrogen-bond donors (Lipinski definition) is 2. The highest BCUT2D eigenvalue weighted by Gasteiger charge is 2.50. The highest BCUT2D eigenvalue weighted by molar-refractivity contribution is 5.78. The molecule has 0 radical (unpaired) electrons. The smallest absolute Gasteiger partial charge is 0.336 e. The van der Waals surface area contributed by atoms with Crippen LogP contribution in [0.25, 0.3) is 0 Å². The van der Waals surface area contributed by atoms with Gasteiger partial charge in [0.1, 0.15) is 0 Å². The topological polar surface area (TPSA) is 57.5 Å². The zero-order valence-corrected chi connectivity index (χ0v) is 12.2. The van der Waals surface area contributed by atoms with Crippen molar-refractivity contribution in [2.24, 2.45) is 11.8 Å². The first-order chi connectivity index (χ1) is 9.48. The fourth-order valence-corrected chi connectivity index (χ4v) is 3.59. The molecule has 1 fully saturated rings. The van der Waals surface area contributed by atoms with Gasteiger partial charge < -0.3 is 10.2 Å². The number of aliphatic carboxylic acids is 1. The quantitative estimate of drug-likeness (QED) is 0.885. The van der Waals surface area contributed by atoms with Crippen molar-refractivity contribution in [3.8, 4) is 0 Å². The third-order valence-electron chi connectivity index (χ3n) is 4.78. The van der Waals surface area contributed by atoms with Crippen molar-refractivity contribution in [3.05, 3.63) is 35.9 Å². The lowest BCUT2D eigenvalue weighted by Crippen LogP contribution is -2.53. The number of aliphatic hydroxyl groups is 1. The molecule has 1 aromatic rings. The molecule has 3 nitrogen and oxygen atoms in total. The molecule has 3 heteroatoms. The Bertz CT molecular complexity index is 455. The van der Waals surface area contributed by atoms with Gasteiger partial charge in [-0.15, -0.1) is 0 Å². The summed E-state index contributed by atoms with van der Waals surface area (Å²) in [5, 5.41) is 20.4. The van der Waals surface area contributed by atoms with Gasteiger partial charge in [-0.3, -0.25) is 0 Å². The third kappa shape index (κ3) is 2.59. The van der Waals surface area contributed by atoms with E-state index < -0.39 is 11.6 Å². The number of carboxylic acids is 1. The molecular formula is C17H24O3. The normalized spacial score (nSPS) is 26.2. The van der Waals surface area contributed by atoms with Crippen molar-refractivity contribution in [2.45, 2.75) is 51.0 Å². The van der Waals surface area contributed by atoms with Crippen LogP contribution in [0.4, 0.5) is 0 Å². The summed E-state index contributed by atoms with van der Waals surface area (Å²) in [7, 11) is 0. The summed E-state index contributed by atoms with van der Waals surface area (Å²) < 4.78 is 0. The first-order valence-electron chi connectivity index (χ1n) is 7.48. The minimum Gasteiger partial charge on any atom is -0.479 e. The average molecular weight is 276 g/mol. The monoisotopic (exact) mass is 276 g/mol. The molecule has 0 bridgehead atoms. The first kappa shape index (κ1) is 15.0. The van der Waals surface area contributed by atoms with Crippen LogP contribution in [-0.4, -0.2) is 21.8 Å². The van der Waals surface area contributed by atoms with Gasteiger partial charge in [-0.05, 0) is 30.2 Å². The highest BCUT2D eigenvalue weighted by Crippen LogP contribution is 2.46. The predicted molar refractivity (Wildman–Crippen MR) is 78.6 cm³/mol. The number of carbonyl (C=O) groups is 1. The summed E-state index contributed by atoms with van der Waals surface area (Å²) in [6.07, 6.45) is 3.83. The Hall–Kier alpha value is -1.35. The second kappa shape index (κ2) is 5.96. The van der Waals surface area contributed by atoms with Crippen molar-refractivity contribution < 1.29 is 15.0 Å². The lowest BCUT2D eigenvalue weighted by molar-refractivity contribution is -0.175. The second-order valence-corrected chi connectivity index (χ2v) is 6.19. The SMILES string of the molecule is CC(C)C(O)(C(=O)O)C1CCCCC1c1ccccc1. The maximum absolute atomic E-state index is 11.7. The van der Waals surface area contributed by atoms with E-state index >= 15 is 0 Å². The fourth-order valence-electron chi connectivity index (χ4n) is 3.59. The lowest BCUT2D eigenvalue weighted by Gasteiger charge is -2.43. The summed E-state index contributed by atoms with van der Waals surface area (Å²) in [6, 6.07) is 10.0. The van der Waals surface area contributed by atoms with Gasteiger partial charge in [0.05, 0.1) is 0 Å². The van der Waals surface area contributed by atoms with Gasteiger partial charge >= 0.3 is 5.97 Å². The molecule has 0 amide bonds. The molecule has 1 aliphatic rings. The molecule has 1 aromatic carbocycles. The largest absolute Gasteiger partial charge is 0.479 e. The highest BCUT2D eigenvalue weighted by atomic mass is 16.4. The minimum atomic E-state index is -1.64. The predicted octanol–water partition coefficient (Wildman–Crippen LogP) is 3.43. The van der Waals surface area contributed by atoms with E-state index in [1.807, 2.05) is 30.3 Å². The van der Waals surface area contributed by atoms with Crippen molar-refractivity contribution in [1.29, 1.82) is 0 Å². The summed E-state index contributed by atoms with van der Waals surface area (Å²) >= 11 is 0. The van der Waals surface area contributed by atoms with E-state index in [0.29, 0.717) is 0 Å². The number of benzene rings is 1. The van der Waals surface area contributed by atoms with Crippen LogP contribution in [0.5, 0.6) is 0 Å². The zero-order chi connectivity index (χ0) is 14.8. The molecule has 3 atom stereocenters. The van der Waals surface area contributed by atoms with Crippen molar-refractivity contribution in [3.63, 3.8) is 0 Å². The summed E-state index contributed by atoms with van der Waals surface area (Å²) in [5.74, 6) is -1.46. The number of carboxylic acid groups (broad SMARTS) is 1. The lowest BCUT2D eigenvalue weighted by atomic mass is 9.64. The van der Waals surface area contributed by atoms with Crippen LogP contribution in [0.15, 0.2) is 30.3 Å². The van der Waals surface area contributed by atoms with Gasteiger partial charge in [-0.1, -0.05) is 57.0 Å². The van der Waals surface area contributed by atoms with Crippen LogP contribution in [0.2, 0.25) is 0 Å². The van der Waals surface area contributed by atoms with Gasteiger partial charge in [-0.25, -0.2) is 4.79 Å². The van der Waals surface area contributed by atoms with Crippen molar-refractivity contribution in [2.75, 3.05) is 0 Å². The molecule has 20 heavy (non-hydrogen) atoms. The molecule has 0 heterocycles. The van der Waals surface area contributed by atoms with E-state index in [9.17, 15) is 15.0 Å². The number of rotatable bonds is 4. The van der Waals surface area contributed by atoms with Gasteiger partial charge in [-0.2, -0.15) is 0 Å². The Morgan fingerprint density at radius 1 is 1.20 bits per heavy atom. The van der Waals surface area contributed by atoms with Gasteiger partial charge in [0.2, 0.25) is 0 Å². The van der Waals surface area contributed by atoms with Gasteiger partial charge in [0.25, 0.3) is 0 Å². The van der Waals surface area contributed by atoms with Gasteiger partial charge in [0.15, 0.2) is 5.60 Å². The first-order valence-corrected chi connectivity index (χ1v) is 7.48. The number of hydrogen-bond acceptors (Lipinski definition) is 2. The van der Waals surface area contributed by atoms with E-state index in [1.165, 1.54) is 0 Å². The van der Waals surface area contributed by atoms with Crippen LogP contribution in [-0.2, 0) is 4.79 Å². The van der Waals surface area contributed by atoms with Crippen molar-refractivity contribution in [1.82, 2.24) is 0 Å². The van der Waals surface area contributed by atoms with Crippen molar-refractivity contribution >= 4 is 5.97 Å². The molecular weight excluding hydrogens is 252 g/mol.